The van der Waals surface area contributed by atoms with Crippen LogP contribution in [0, 0.1) is 11.8 Å². The normalized spacial score (nSPS) is 19.2. The van der Waals surface area contributed by atoms with Crippen LogP contribution in [0.15, 0.2) is 59.6 Å². The quantitative estimate of drug-likeness (QED) is 0.323. The highest BCUT2D eigenvalue weighted by molar-refractivity contribution is 7.99. The molecule has 3 atom stereocenters. The number of carboxylic acid groups (broad SMARTS) is 1. The second kappa shape index (κ2) is 12.4. The van der Waals surface area contributed by atoms with Crippen molar-refractivity contribution in [1.82, 2.24) is 9.88 Å². The number of aliphatic carboxylic acids is 1. The maximum atomic E-state index is 15.4. The molecule has 1 saturated heterocycles. The Morgan fingerprint density at radius 2 is 2.00 bits per heavy atom. The first-order valence-corrected chi connectivity index (χ1v) is 13.3. The zero-order valence-corrected chi connectivity index (χ0v) is 21.5. The molecule has 0 aliphatic carbocycles. The van der Waals surface area contributed by atoms with E-state index in [2.05, 4.69) is 16.0 Å². The zero-order chi connectivity index (χ0) is 25.5. The molecule has 0 unspecified atom stereocenters. The van der Waals surface area contributed by atoms with Gasteiger partial charge >= 0.3 is 5.97 Å². The second-order valence-corrected chi connectivity index (χ2v) is 10.3. The van der Waals surface area contributed by atoms with E-state index in [0.717, 1.165) is 46.8 Å². The predicted octanol–water partition coefficient (Wildman–Crippen LogP) is 5.86. The molecule has 4 rings (SSSR count). The molecule has 3 aromatic rings. The van der Waals surface area contributed by atoms with Crippen LogP contribution in [0.3, 0.4) is 0 Å². The van der Waals surface area contributed by atoms with Gasteiger partial charge in [0.05, 0.1) is 25.7 Å². The number of hydrogen-bond acceptors (Lipinski definition) is 6. The molecule has 0 bridgehead atoms. The van der Waals surface area contributed by atoms with E-state index in [1.165, 1.54) is 0 Å². The minimum Gasteiger partial charge on any atom is -0.497 e. The summed E-state index contributed by atoms with van der Waals surface area (Å²) in [6.07, 6.45) is 2.03. The number of thioether (sulfide) groups is 1. The number of fused-ring (bicyclic) bond motifs is 1. The maximum absolute atomic E-state index is 15.4. The van der Waals surface area contributed by atoms with E-state index in [0.29, 0.717) is 24.3 Å². The number of carbonyl (C=O) groups is 1. The van der Waals surface area contributed by atoms with E-state index >= 15 is 4.39 Å². The largest absolute Gasteiger partial charge is 0.497 e. The van der Waals surface area contributed by atoms with Gasteiger partial charge in [-0.1, -0.05) is 6.07 Å². The van der Waals surface area contributed by atoms with Crippen molar-refractivity contribution < 1.29 is 23.8 Å². The highest BCUT2D eigenvalue weighted by Crippen LogP contribution is 2.35. The number of alkyl halides is 1. The molecule has 192 valence electrons. The van der Waals surface area contributed by atoms with Crippen molar-refractivity contribution in [3.05, 3.63) is 60.3 Å². The molecule has 0 radical (unpaired) electrons. The van der Waals surface area contributed by atoms with E-state index in [-0.39, 0.29) is 12.3 Å². The summed E-state index contributed by atoms with van der Waals surface area (Å²) in [6, 6.07) is 15.1. The summed E-state index contributed by atoms with van der Waals surface area (Å²) in [4.78, 5) is 19.8. The third-order valence-electron chi connectivity index (χ3n) is 6.99. The van der Waals surface area contributed by atoms with Crippen LogP contribution in [0.1, 0.15) is 31.0 Å². The van der Waals surface area contributed by atoms with Crippen LogP contribution in [0.25, 0.3) is 10.9 Å². The number of nitrogens with zero attached hydrogens (tertiary/aromatic N) is 2. The number of likely N-dealkylation sites (tertiary alicyclic amines) is 1. The first kappa shape index (κ1) is 26.2. The van der Waals surface area contributed by atoms with Gasteiger partial charge in [-0.15, -0.1) is 11.8 Å². The molecule has 0 saturated carbocycles. The van der Waals surface area contributed by atoms with Crippen LogP contribution in [0.4, 0.5) is 4.39 Å². The fourth-order valence-electron chi connectivity index (χ4n) is 4.94. The minimum absolute atomic E-state index is 0.0364. The summed E-state index contributed by atoms with van der Waals surface area (Å²) in [5, 5.41) is 10.6. The molecule has 1 N–H and O–H groups in total. The Kier molecular flexibility index (Phi) is 9.04. The van der Waals surface area contributed by atoms with Crippen molar-refractivity contribution >= 4 is 28.6 Å². The summed E-state index contributed by atoms with van der Waals surface area (Å²) in [7, 11) is 3.24. The zero-order valence-electron chi connectivity index (χ0n) is 20.7. The Labute approximate surface area is 215 Å². The van der Waals surface area contributed by atoms with Crippen LogP contribution in [-0.4, -0.2) is 60.6 Å². The molecule has 1 aliphatic heterocycles. The Balaban J connectivity index is 1.32. The summed E-state index contributed by atoms with van der Waals surface area (Å²) in [5.41, 5.74) is 1.30. The minimum atomic E-state index is -1.19. The van der Waals surface area contributed by atoms with Crippen molar-refractivity contribution in [1.29, 1.82) is 0 Å². The van der Waals surface area contributed by atoms with Gasteiger partial charge in [-0.2, -0.15) is 0 Å². The SMILES string of the molecule is COc1cccc(SCCN2CC[C@@H](CC[C@H](F)c3ccnc4ccc(OC)cc34)[C@@H](C(=O)O)C2)c1. The molecule has 0 amide bonds. The monoisotopic (exact) mass is 512 g/mol. The first-order chi connectivity index (χ1) is 17.5. The van der Waals surface area contributed by atoms with Gasteiger partial charge in [-0.05, 0) is 79.8 Å². The first-order valence-electron chi connectivity index (χ1n) is 12.3. The van der Waals surface area contributed by atoms with Gasteiger partial charge in [-0.25, -0.2) is 4.39 Å². The number of carboxylic acids is 1. The molecule has 1 aromatic heterocycles. The van der Waals surface area contributed by atoms with E-state index in [1.807, 2.05) is 36.4 Å². The third kappa shape index (κ3) is 6.48. The van der Waals surface area contributed by atoms with E-state index < -0.39 is 18.1 Å². The lowest BCUT2D eigenvalue weighted by molar-refractivity contribution is -0.146. The van der Waals surface area contributed by atoms with Gasteiger partial charge in [0.15, 0.2) is 0 Å². The van der Waals surface area contributed by atoms with Gasteiger partial charge in [0, 0.05) is 35.3 Å². The van der Waals surface area contributed by atoms with Crippen molar-refractivity contribution in [3.63, 3.8) is 0 Å². The Morgan fingerprint density at radius 3 is 2.78 bits per heavy atom. The van der Waals surface area contributed by atoms with Gasteiger partial charge in [0.2, 0.25) is 0 Å². The average molecular weight is 513 g/mol. The van der Waals surface area contributed by atoms with Crippen LogP contribution in [0.5, 0.6) is 11.5 Å². The lowest BCUT2D eigenvalue weighted by Gasteiger charge is -2.36. The highest BCUT2D eigenvalue weighted by atomic mass is 32.2. The maximum Gasteiger partial charge on any atom is 0.308 e. The molecule has 2 aromatic carbocycles. The molecule has 0 spiro atoms. The number of methoxy groups -OCH3 is 2. The number of pyridine rings is 1. The molecular formula is C28H33FN2O4S. The molecule has 8 heteroatoms. The predicted molar refractivity (Wildman–Crippen MR) is 141 cm³/mol. The lowest BCUT2D eigenvalue weighted by Crippen LogP contribution is -2.44. The Bertz CT molecular complexity index is 1180. The Morgan fingerprint density at radius 1 is 1.19 bits per heavy atom. The van der Waals surface area contributed by atoms with E-state index in [9.17, 15) is 9.90 Å². The number of rotatable bonds is 11. The molecule has 1 fully saturated rings. The van der Waals surface area contributed by atoms with Crippen molar-refractivity contribution in [2.24, 2.45) is 11.8 Å². The number of aromatic nitrogens is 1. The fourth-order valence-corrected chi connectivity index (χ4v) is 5.90. The van der Waals surface area contributed by atoms with Gasteiger partial charge in [-0.3, -0.25) is 9.78 Å². The lowest BCUT2D eigenvalue weighted by atomic mass is 9.81. The van der Waals surface area contributed by atoms with Crippen molar-refractivity contribution in [3.8, 4) is 11.5 Å². The molecule has 36 heavy (non-hydrogen) atoms. The topological polar surface area (TPSA) is 71.9 Å². The van der Waals surface area contributed by atoms with E-state index in [1.54, 1.807) is 38.2 Å². The smallest absolute Gasteiger partial charge is 0.308 e. The number of benzene rings is 2. The van der Waals surface area contributed by atoms with Gasteiger partial charge < -0.3 is 19.5 Å². The number of piperidine rings is 1. The Hall–Kier alpha value is -2.84. The van der Waals surface area contributed by atoms with E-state index in [4.69, 9.17) is 9.47 Å². The molecular weight excluding hydrogens is 479 g/mol. The average Bonchev–Trinajstić information content (AvgIpc) is 2.91. The molecule has 1 aliphatic rings. The number of halogens is 1. The van der Waals surface area contributed by atoms with Crippen molar-refractivity contribution in [2.45, 2.75) is 30.3 Å². The van der Waals surface area contributed by atoms with Crippen LogP contribution in [0.2, 0.25) is 0 Å². The number of ether oxygens (including phenoxy) is 2. The van der Waals surface area contributed by atoms with Gasteiger partial charge in [0.25, 0.3) is 0 Å². The molecule has 6 nitrogen and oxygen atoms in total. The fraction of sp³-hybridized carbons (Fsp3) is 0.429. The molecule has 2 heterocycles. The summed E-state index contributed by atoms with van der Waals surface area (Å²) < 4.78 is 26.0. The van der Waals surface area contributed by atoms with Crippen LogP contribution in [-0.2, 0) is 4.79 Å². The summed E-state index contributed by atoms with van der Waals surface area (Å²) in [6.45, 7) is 2.15. The summed E-state index contributed by atoms with van der Waals surface area (Å²) in [5.74, 6) is 1.05. The van der Waals surface area contributed by atoms with Crippen LogP contribution >= 0.6 is 11.8 Å². The van der Waals surface area contributed by atoms with Crippen LogP contribution < -0.4 is 9.47 Å². The van der Waals surface area contributed by atoms with Gasteiger partial charge in [0.1, 0.15) is 17.7 Å². The second-order valence-electron chi connectivity index (χ2n) is 9.15. The standard InChI is InChI=1S/C28H33FN2O4S/c1-34-20-4-3-5-22(16-20)36-15-14-31-13-11-19(25(18-31)28(32)33)6-8-26(29)23-10-12-30-27-9-7-21(35-2)17-24(23)27/h3-5,7,9-10,12,16-17,19,25-26H,6,8,11,13-15,18H2,1-2H3,(H,32,33)/t19-,25+,26+/m1/s1. The third-order valence-corrected chi connectivity index (χ3v) is 7.96. The number of hydrogen-bond donors (Lipinski definition) is 1. The summed E-state index contributed by atoms with van der Waals surface area (Å²) >= 11 is 1.74. The van der Waals surface area contributed by atoms with Crippen molar-refractivity contribution in [2.75, 3.05) is 39.6 Å². The highest BCUT2D eigenvalue weighted by Gasteiger charge is 2.34.